The van der Waals surface area contributed by atoms with E-state index in [0.717, 1.165) is 63.8 Å². The summed E-state index contributed by atoms with van der Waals surface area (Å²) in [5.74, 6) is 0.923. The highest BCUT2D eigenvalue weighted by Crippen LogP contribution is 2.39. The molecular weight excluding hydrogens is 512 g/mol. The molecule has 0 fully saturated rings. The molecule has 0 radical (unpaired) electrons. The van der Waals surface area contributed by atoms with Crippen LogP contribution in [-0.4, -0.2) is 19.1 Å². The van der Waals surface area contributed by atoms with Gasteiger partial charge in [0, 0.05) is 45.3 Å². The minimum absolute atomic E-state index is 0.923. The molecule has 4 nitrogen and oxygen atoms in total. The van der Waals surface area contributed by atoms with Crippen molar-refractivity contribution in [2.45, 2.75) is 25.7 Å². The molecule has 4 heteroatoms. The largest absolute Gasteiger partial charge is 0.298 e. The van der Waals surface area contributed by atoms with E-state index in [1.165, 1.54) is 29.5 Å². The zero-order valence-corrected chi connectivity index (χ0v) is 23.3. The van der Waals surface area contributed by atoms with E-state index in [1.807, 2.05) is 6.20 Å². The summed E-state index contributed by atoms with van der Waals surface area (Å²) in [6.07, 6.45) is 6.59. The molecule has 0 atom stereocenters. The Morgan fingerprint density at radius 2 is 1.12 bits per heavy atom. The maximum atomic E-state index is 5.32. The Morgan fingerprint density at radius 3 is 1.81 bits per heavy atom. The zero-order valence-electron chi connectivity index (χ0n) is 23.3. The summed E-state index contributed by atoms with van der Waals surface area (Å²) in [7, 11) is 0. The van der Waals surface area contributed by atoms with Crippen molar-refractivity contribution in [2.24, 2.45) is 0 Å². The molecule has 0 bridgehead atoms. The molecule has 0 saturated carbocycles. The van der Waals surface area contributed by atoms with Gasteiger partial charge >= 0.3 is 0 Å². The highest BCUT2D eigenvalue weighted by Gasteiger charge is 2.24. The standard InChI is InChI=1S/C38H30N4/c1-4-13-27(14-5-1)35-36(28-15-6-2-7-16-28)42(37(40-35)29-17-8-3-9-18-29)31-24-22-30(23-25-31)41-34-21-11-10-19-32(34)33-20-12-26-39-38(33)41/h1-9,12-18,20,22-26H,10-11,19,21H2. The third-order valence-corrected chi connectivity index (χ3v) is 8.40. The van der Waals surface area contributed by atoms with E-state index >= 15 is 0 Å². The van der Waals surface area contributed by atoms with E-state index in [2.05, 4.69) is 137 Å². The molecule has 0 aliphatic heterocycles. The van der Waals surface area contributed by atoms with Gasteiger partial charge in [0.15, 0.2) is 0 Å². The molecule has 8 rings (SSSR count). The smallest absolute Gasteiger partial charge is 0.145 e. The Bertz CT molecular complexity index is 2000. The Kier molecular flexibility index (Phi) is 6.03. The number of fused-ring (bicyclic) bond motifs is 3. The Labute approximate surface area is 245 Å². The maximum absolute atomic E-state index is 5.32. The number of rotatable bonds is 5. The van der Waals surface area contributed by atoms with Crippen molar-refractivity contribution in [3.8, 4) is 45.3 Å². The molecule has 3 heterocycles. The topological polar surface area (TPSA) is 35.6 Å². The number of aryl methyl sites for hydroxylation is 1. The molecule has 42 heavy (non-hydrogen) atoms. The zero-order chi connectivity index (χ0) is 27.9. The van der Waals surface area contributed by atoms with Crippen LogP contribution >= 0.6 is 0 Å². The van der Waals surface area contributed by atoms with Crippen LogP contribution in [0.3, 0.4) is 0 Å². The van der Waals surface area contributed by atoms with Crippen molar-refractivity contribution in [3.63, 3.8) is 0 Å². The van der Waals surface area contributed by atoms with Crippen molar-refractivity contribution >= 4 is 11.0 Å². The Morgan fingerprint density at radius 1 is 0.524 bits per heavy atom. The van der Waals surface area contributed by atoms with Gasteiger partial charge in [0.1, 0.15) is 11.5 Å². The quantitative estimate of drug-likeness (QED) is 0.217. The van der Waals surface area contributed by atoms with E-state index in [1.54, 1.807) is 0 Å². The monoisotopic (exact) mass is 542 g/mol. The van der Waals surface area contributed by atoms with E-state index < -0.39 is 0 Å². The normalized spacial score (nSPS) is 12.9. The molecule has 0 spiro atoms. The lowest BCUT2D eigenvalue weighted by Crippen LogP contribution is -2.07. The van der Waals surface area contributed by atoms with Crippen LogP contribution in [0, 0.1) is 0 Å². The average Bonchev–Trinajstić information content (AvgIpc) is 3.63. The fourth-order valence-corrected chi connectivity index (χ4v) is 6.51. The molecule has 0 saturated heterocycles. The number of benzene rings is 4. The van der Waals surface area contributed by atoms with E-state index in [9.17, 15) is 0 Å². The highest BCUT2D eigenvalue weighted by atomic mass is 15.1. The number of aromatic nitrogens is 4. The molecule has 4 aromatic carbocycles. The van der Waals surface area contributed by atoms with Gasteiger partial charge in [0.05, 0.1) is 11.4 Å². The first kappa shape index (κ1) is 24.6. The van der Waals surface area contributed by atoms with Crippen molar-refractivity contribution in [2.75, 3.05) is 0 Å². The summed E-state index contributed by atoms with van der Waals surface area (Å²) in [6.45, 7) is 0. The van der Waals surface area contributed by atoms with Crippen LogP contribution in [0.4, 0.5) is 0 Å². The van der Waals surface area contributed by atoms with Gasteiger partial charge < -0.3 is 0 Å². The lowest BCUT2D eigenvalue weighted by Gasteiger charge is -2.17. The maximum Gasteiger partial charge on any atom is 0.145 e. The van der Waals surface area contributed by atoms with Crippen LogP contribution < -0.4 is 0 Å². The predicted octanol–water partition coefficient (Wildman–Crippen LogP) is 9.09. The SMILES string of the molecule is c1ccc(-c2nc(-c3ccccc3)n(-c3ccc(-n4c5c(c6cccnc64)CCCC5)cc3)c2-c2ccccc2)cc1. The van der Waals surface area contributed by atoms with Crippen molar-refractivity contribution in [1.29, 1.82) is 0 Å². The molecule has 202 valence electrons. The fourth-order valence-electron chi connectivity index (χ4n) is 6.51. The molecule has 0 unspecified atom stereocenters. The molecule has 0 N–H and O–H groups in total. The van der Waals surface area contributed by atoms with Gasteiger partial charge in [-0.3, -0.25) is 9.13 Å². The third-order valence-electron chi connectivity index (χ3n) is 8.40. The highest BCUT2D eigenvalue weighted by molar-refractivity contribution is 5.86. The number of nitrogens with zero attached hydrogens (tertiary/aromatic N) is 4. The van der Waals surface area contributed by atoms with Gasteiger partial charge in [-0.25, -0.2) is 9.97 Å². The molecule has 0 amide bonds. The summed E-state index contributed by atoms with van der Waals surface area (Å²) in [4.78, 5) is 10.2. The van der Waals surface area contributed by atoms with Gasteiger partial charge in [0.2, 0.25) is 0 Å². The van der Waals surface area contributed by atoms with Gasteiger partial charge in [0.25, 0.3) is 0 Å². The van der Waals surface area contributed by atoms with E-state index in [-0.39, 0.29) is 0 Å². The van der Waals surface area contributed by atoms with Crippen molar-refractivity contribution in [3.05, 3.63) is 145 Å². The summed E-state index contributed by atoms with van der Waals surface area (Å²) in [5, 5.41) is 1.29. The van der Waals surface area contributed by atoms with Gasteiger partial charge in [-0.2, -0.15) is 0 Å². The second kappa shape index (κ2) is 10.3. The number of imidazole rings is 1. The van der Waals surface area contributed by atoms with Crippen molar-refractivity contribution < 1.29 is 0 Å². The minimum Gasteiger partial charge on any atom is -0.298 e. The van der Waals surface area contributed by atoms with Gasteiger partial charge in [-0.15, -0.1) is 0 Å². The van der Waals surface area contributed by atoms with Gasteiger partial charge in [-0.05, 0) is 67.6 Å². The molecule has 7 aromatic rings. The second-order valence-electron chi connectivity index (χ2n) is 10.9. The number of hydrogen-bond acceptors (Lipinski definition) is 2. The Balaban J connectivity index is 1.35. The first-order chi connectivity index (χ1) is 20.9. The number of hydrogen-bond donors (Lipinski definition) is 0. The van der Waals surface area contributed by atoms with Crippen LogP contribution in [0.1, 0.15) is 24.1 Å². The van der Waals surface area contributed by atoms with Crippen molar-refractivity contribution in [1.82, 2.24) is 19.1 Å². The van der Waals surface area contributed by atoms with Gasteiger partial charge in [-0.1, -0.05) is 91.0 Å². The molecule has 3 aromatic heterocycles. The first-order valence-electron chi connectivity index (χ1n) is 14.7. The van der Waals surface area contributed by atoms with Crippen LogP contribution in [0.2, 0.25) is 0 Å². The molecule has 1 aliphatic rings. The summed E-state index contributed by atoms with van der Waals surface area (Å²) in [6, 6.07) is 44.8. The molecular formula is C38H30N4. The lowest BCUT2D eigenvalue weighted by molar-refractivity contribution is 0.666. The van der Waals surface area contributed by atoms with Crippen LogP contribution in [-0.2, 0) is 12.8 Å². The Hall–Kier alpha value is -5.22. The van der Waals surface area contributed by atoms with Crippen LogP contribution in [0.15, 0.2) is 134 Å². The summed E-state index contributed by atoms with van der Waals surface area (Å²) >= 11 is 0. The van der Waals surface area contributed by atoms with Crippen LogP contribution in [0.25, 0.3) is 56.3 Å². The number of pyridine rings is 1. The van der Waals surface area contributed by atoms with E-state index in [4.69, 9.17) is 9.97 Å². The lowest BCUT2D eigenvalue weighted by atomic mass is 9.96. The minimum atomic E-state index is 0.923. The summed E-state index contributed by atoms with van der Waals surface area (Å²) < 4.78 is 4.70. The molecule has 1 aliphatic carbocycles. The third kappa shape index (κ3) is 4.07. The second-order valence-corrected chi connectivity index (χ2v) is 10.9. The van der Waals surface area contributed by atoms with E-state index in [0.29, 0.717) is 0 Å². The fraction of sp³-hybridized carbons (Fsp3) is 0.105. The van der Waals surface area contributed by atoms with Crippen LogP contribution in [0.5, 0.6) is 0 Å². The first-order valence-corrected chi connectivity index (χ1v) is 14.7. The average molecular weight is 543 g/mol. The summed E-state index contributed by atoms with van der Waals surface area (Å²) in [5.41, 5.74) is 11.5. The predicted molar refractivity (Wildman–Crippen MR) is 171 cm³/mol.